The molecule has 0 aliphatic heterocycles. The summed E-state index contributed by atoms with van der Waals surface area (Å²) in [7, 11) is 0. The molecule has 0 amide bonds. The van der Waals surface area contributed by atoms with Crippen LogP contribution in [0, 0.1) is 12.5 Å². The zero-order valence-electron chi connectivity index (χ0n) is 6.59. The molecule has 1 unspecified atom stereocenters. The molecule has 0 bridgehead atoms. The molecule has 0 nitrogen and oxygen atoms in total. The molecule has 56 valence electrons. The molecule has 1 aromatic carbocycles. The number of rotatable bonds is 1. The van der Waals surface area contributed by atoms with E-state index in [2.05, 4.69) is 24.6 Å². The molecule has 0 N–H and O–H groups in total. The molecule has 1 fully saturated rings. The van der Waals surface area contributed by atoms with Crippen molar-refractivity contribution in [1.29, 1.82) is 0 Å². The van der Waals surface area contributed by atoms with Crippen LogP contribution in [-0.2, 0) is 0 Å². The van der Waals surface area contributed by atoms with E-state index in [0.717, 1.165) is 0 Å². The number of hydrogen-bond donors (Lipinski definition) is 0. The molecule has 11 heavy (non-hydrogen) atoms. The van der Waals surface area contributed by atoms with Gasteiger partial charge in [-0.2, -0.15) is 0 Å². The summed E-state index contributed by atoms with van der Waals surface area (Å²) in [6, 6.07) is 11.6. The van der Waals surface area contributed by atoms with Gasteiger partial charge in [-0.25, -0.2) is 0 Å². The van der Waals surface area contributed by atoms with Crippen molar-refractivity contribution in [3.8, 4) is 0 Å². The van der Waals surface area contributed by atoms with Crippen molar-refractivity contribution in [3.63, 3.8) is 0 Å². The maximum Gasteiger partial charge on any atom is -0.0125 e. The first kappa shape index (κ1) is 6.90. The highest BCUT2D eigenvalue weighted by Gasteiger charge is 2.16. The van der Waals surface area contributed by atoms with Crippen molar-refractivity contribution in [1.82, 2.24) is 0 Å². The molecule has 1 saturated carbocycles. The van der Waals surface area contributed by atoms with Crippen molar-refractivity contribution in [2.24, 2.45) is 0 Å². The summed E-state index contributed by atoms with van der Waals surface area (Å²) in [5.74, 6) is 0.691. The third-order valence-electron chi connectivity index (χ3n) is 2.30. The lowest BCUT2D eigenvalue weighted by atomic mass is 9.98. The predicted octanol–water partition coefficient (Wildman–Crippen LogP) is 2.96. The normalized spacial score (nSPS) is 18.9. The summed E-state index contributed by atoms with van der Waals surface area (Å²) in [4.78, 5) is 0. The zero-order valence-corrected chi connectivity index (χ0v) is 6.59. The predicted molar refractivity (Wildman–Crippen MR) is 46.2 cm³/mol. The molecule has 1 aliphatic carbocycles. The van der Waals surface area contributed by atoms with Crippen LogP contribution in [0.3, 0.4) is 0 Å². The summed E-state index contributed by atoms with van der Waals surface area (Å²) in [6.07, 6.45) is 6.37. The molecular weight excluding hydrogens is 132 g/mol. The van der Waals surface area contributed by atoms with Crippen LogP contribution in [-0.4, -0.2) is 0 Å². The van der Waals surface area contributed by atoms with Crippen molar-refractivity contribution < 1.29 is 0 Å². The zero-order chi connectivity index (χ0) is 7.52. The van der Waals surface area contributed by atoms with Gasteiger partial charge in [0.2, 0.25) is 0 Å². The van der Waals surface area contributed by atoms with Gasteiger partial charge in [0.15, 0.2) is 0 Å². The fourth-order valence-electron chi connectivity index (χ4n) is 1.69. The van der Waals surface area contributed by atoms with Crippen LogP contribution >= 0.6 is 0 Å². The standard InChI is InChI=1S/C11H12/c1-2-6-10(7-3-1)11-8-4-5-9-11/h1-3,6,8,11H,4-5,9H2. The maximum absolute atomic E-state index is 3.28. The lowest BCUT2D eigenvalue weighted by Crippen LogP contribution is -1.91. The Kier molecular flexibility index (Phi) is 1.93. The molecule has 0 heteroatoms. The third kappa shape index (κ3) is 1.45. The summed E-state index contributed by atoms with van der Waals surface area (Å²) < 4.78 is 0. The van der Waals surface area contributed by atoms with Crippen LogP contribution in [0.15, 0.2) is 24.3 Å². The van der Waals surface area contributed by atoms with E-state index in [0.29, 0.717) is 5.92 Å². The van der Waals surface area contributed by atoms with Crippen LogP contribution in [0.25, 0.3) is 0 Å². The van der Waals surface area contributed by atoms with Crippen molar-refractivity contribution >= 4 is 0 Å². The van der Waals surface area contributed by atoms with Crippen LogP contribution in [0.1, 0.15) is 30.7 Å². The van der Waals surface area contributed by atoms with Gasteiger partial charge < -0.3 is 0 Å². The summed E-state index contributed by atoms with van der Waals surface area (Å²) in [5.41, 5.74) is 1.37. The molecular formula is C11H12. The van der Waals surface area contributed by atoms with Crippen LogP contribution in [0.5, 0.6) is 0 Å². The smallest absolute Gasteiger partial charge is 0.0125 e. The van der Waals surface area contributed by atoms with Gasteiger partial charge in [-0.1, -0.05) is 30.7 Å². The van der Waals surface area contributed by atoms with E-state index in [1.54, 1.807) is 0 Å². The average molecular weight is 144 g/mol. The van der Waals surface area contributed by atoms with Gasteiger partial charge in [-0.05, 0) is 36.8 Å². The monoisotopic (exact) mass is 144 g/mol. The highest BCUT2D eigenvalue weighted by molar-refractivity contribution is 5.22. The number of hydrogen-bond acceptors (Lipinski definition) is 0. The Bertz CT molecular complexity index is 207. The van der Waals surface area contributed by atoms with E-state index in [4.69, 9.17) is 0 Å². The molecule has 1 aliphatic rings. The maximum atomic E-state index is 3.28. The largest absolute Gasteiger partial charge is 0.0619 e. The van der Waals surface area contributed by atoms with Crippen molar-refractivity contribution in [2.75, 3.05) is 0 Å². The number of benzene rings is 1. The van der Waals surface area contributed by atoms with E-state index >= 15 is 0 Å². The average Bonchev–Trinajstić information content (AvgIpc) is 2.58. The van der Waals surface area contributed by atoms with Gasteiger partial charge in [0.25, 0.3) is 0 Å². The molecule has 1 aromatic rings. The Hall–Kier alpha value is -0.780. The molecule has 0 spiro atoms. The Morgan fingerprint density at radius 3 is 3.00 bits per heavy atom. The topological polar surface area (TPSA) is 0 Å². The van der Waals surface area contributed by atoms with Crippen LogP contribution < -0.4 is 0 Å². The van der Waals surface area contributed by atoms with Gasteiger partial charge in [-0.3, -0.25) is 0 Å². The van der Waals surface area contributed by atoms with Gasteiger partial charge in [0.1, 0.15) is 0 Å². The second-order valence-electron chi connectivity index (χ2n) is 3.09. The molecule has 2 radical (unpaired) electrons. The highest BCUT2D eigenvalue weighted by atomic mass is 14.2. The highest BCUT2D eigenvalue weighted by Crippen LogP contribution is 2.32. The lowest BCUT2D eigenvalue weighted by molar-refractivity contribution is 0.789. The molecule has 1 atom stereocenters. The van der Waals surface area contributed by atoms with Gasteiger partial charge >= 0.3 is 0 Å². The van der Waals surface area contributed by atoms with Crippen LogP contribution in [0.2, 0.25) is 0 Å². The first-order valence-electron chi connectivity index (χ1n) is 4.27. The molecule has 0 saturated heterocycles. The first-order chi connectivity index (χ1) is 5.47. The van der Waals surface area contributed by atoms with Gasteiger partial charge in [-0.15, -0.1) is 0 Å². The van der Waals surface area contributed by atoms with Gasteiger partial charge in [0.05, 0.1) is 0 Å². The minimum absolute atomic E-state index is 0.691. The Morgan fingerprint density at radius 2 is 2.36 bits per heavy atom. The van der Waals surface area contributed by atoms with E-state index in [1.807, 2.05) is 12.1 Å². The Morgan fingerprint density at radius 1 is 1.36 bits per heavy atom. The van der Waals surface area contributed by atoms with E-state index in [-0.39, 0.29) is 0 Å². The SMILES string of the molecule is [c]1ccccc1C1[CH]CCC1. The Balaban J connectivity index is 2.16. The van der Waals surface area contributed by atoms with Crippen LogP contribution in [0.4, 0.5) is 0 Å². The summed E-state index contributed by atoms with van der Waals surface area (Å²) in [6.45, 7) is 0. The van der Waals surface area contributed by atoms with Crippen molar-refractivity contribution in [2.45, 2.75) is 25.2 Å². The third-order valence-corrected chi connectivity index (χ3v) is 2.30. The summed E-state index contributed by atoms with van der Waals surface area (Å²) in [5, 5.41) is 0. The van der Waals surface area contributed by atoms with Gasteiger partial charge in [0, 0.05) is 0 Å². The molecule has 0 heterocycles. The van der Waals surface area contributed by atoms with E-state index in [1.165, 1.54) is 24.8 Å². The summed E-state index contributed by atoms with van der Waals surface area (Å²) >= 11 is 0. The molecule has 2 rings (SSSR count). The second-order valence-corrected chi connectivity index (χ2v) is 3.09. The minimum Gasteiger partial charge on any atom is -0.0619 e. The first-order valence-corrected chi connectivity index (χ1v) is 4.27. The fraction of sp³-hybridized carbons (Fsp3) is 0.364. The minimum atomic E-state index is 0.691. The van der Waals surface area contributed by atoms with Crippen molar-refractivity contribution in [3.05, 3.63) is 42.3 Å². The quantitative estimate of drug-likeness (QED) is 0.568. The Labute approximate surface area is 68.3 Å². The molecule has 0 aromatic heterocycles. The second kappa shape index (κ2) is 3.08. The fourth-order valence-corrected chi connectivity index (χ4v) is 1.69. The lowest BCUT2D eigenvalue weighted by Gasteiger charge is -2.06. The van der Waals surface area contributed by atoms with E-state index < -0.39 is 0 Å². The van der Waals surface area contributed by atoms with E-state index in [9.17, 15) is 0 Å².